The number of carbonyl (C=O) groups excluding carboxylic acids is 1. The fraction of sp³-hybridized carbons (Fsp3) is 0.632. The van der Waals surface area contributed by atoms with Crippen LogP contribution in [0.5, 0.6) is 0 Å². The number of nitrogens with zero attached hydrogens (tertiary/aromatic N) is 1. The van der Waals surface area contributed by atoms with E-state index in [1.165, 1.54) is 37.7 Å². The van der Waals surface area contributed by atoms with Crippen LogP contribution in [0.2, 0.25) is 0 Å². The molecule has 0 bridgehead atoms. The van der Waals surface area contributed by atoms with Gasteiger partial charge in [-0.15, -0.1) is 0 Å². The molecule has 0 spiro atoms. The van der Waals surface area contributed by atoms with Crippen LogP contribution in [0.4, 0.5) is 0 Å². The maximum Gasteiger partial charge on any atom is 0.253 e. The van der Waals surface area contributed by atoms with Gasteiger partial charge in [0.25, 0.3) is 5.91 Å². The Morgan fingerprint density at radius 3 is 2.44 bits per heavy atom. The summed E-state index contributed by atoms with van der Waals surface area (Å²) in [6.45, 7) is 2.93. The lowest BCUT2D eigenvalue weighted by atomic mass is 9.84. The molecule has 0 radical (unpaired) electrons. The molecule has 0 aromatic heterocycles. The average Bonchev–Trinajstić information content (AvgIpc) is 3.13. The summed E-state index contributed by atoms with van der Waals surface area (Å²) in [6, 6.07) is 7.95. The number of hydrogen-bond acceptors (Lipinski definition) is 3. The minimum absolute atomic E-state index is 0.0654. The van der Waals surface area contributed by atoms with Crippen molar-refractivity contribution in [2.75, 3.05) is 19.6 Å². The van der Waals surface area contributed by atoms with Crippen LogP contribution in [0.25, 0.3) is 0 Å². The van der Waals surface area contributed by atoms with E-state index in [-0.39, 0.29) is 12.5 Å². The van der Waals surface area contributed by atoms with Crippen LogP contribution < -0.4 is 4.72 Å². The van der Waals surface area contributed by atoms with Crippen LogP contribution in [0, 0.1) is 0 Å². The fourth-order valence-corrected chi connectivity index (χ4v) is 5.43. The van der Waals surface area contributed by atoms with Crippen LogP contribution in [0.15, 0.2) is 24.3 Å². The Hall–Kier alpha value is -1.40. The highest BCUT2D eigenvalue weighted by atomic mass is 32.2. The van der Waals surface area contributed by atoms with Crippen LogP contribution in [0.1, 0.15) is 67.3 Å². The van der Waals surface area contributed by atoms with Crippen LogP contribution in [-0.4, -0.2) is 44.1 Å². The molecule has 1 saturated carbocycles. The minimum atomic E-state index is -3.32. The predicted octanol–water partition coefficient (Wildman–Crippen LogP) is 2.89. The first-order chi connectivity index (χ1) is 12.0. The highest BCUT2D eigenvalue weighted by Crippen LogP contribution is 2.32. The van der Waals surface area contributed by atoms with E-state index in [9.17, 15) is 13.2 Å². The van der Waals surface area contributed by atoms with Crippen LogP contribution >= 0.6 is 0 Å². The Balaban J connectivity index is 1.63. The first-order valence-corrected chi connectivity index (χ1v) is 10.9. The summed E-state index contributed by atoms with van der Waals surface area (Å²) in [5.74, 6) is 0.559. The molecule has 1 aliphatic carbocycles. The molecule has 3 rings (SSSR count). The number of amides is 1. The average molecular weight is 365 g/mol. The maximum absolute atomic E-state index is 12.7. The van der Waals surface area contributed by atoms with E-state index in [0.29, 0.717) is 31.0 Å². The lowest BCUT2D eigenvalue weighted by molar-refractivity contribution is 0.0793. The third-order valence-corrected chi connectivity index (χ3v) is 7.40. The standard InChI is InChI=1S/C19H28N2O3S/c1-2-20-25(23,24)18-12-13-21(14-18)19(22)17-10-8-16(9-11-17)15-6-4-3-5-7-15/h8-11,15,18,20H,2-7,12-14H2,1H3. The predicted molar refractivity (Wildman–Crippen MR) is 99.2 cm³/mol. The molecule has 5 nitrogen and oxygen atoms in total. The zero-order valence-corrected chi connectivity index (χ0v) is 15.7. The van der Waals surface area contributed by atoms with Gasteiger partial charge in [-0.05, 0) is 42.9 Å². The number of carbonyl (C=O) groups is 1. The summed E-state index contributed by atoms with van der Waals surface area (Å²) in [6.07, 6.45) is 6.90. The van der Waals surface area contributed by atoms with Crippen molar-refractivity contribution in [2.45, 2.75) is 56.6 Å². The van der Waals surface area contributed by atoms with E-state index in [0.717, 1.165) is 0 Å². The molecule has 1 unspecified atom stereocenters. The highest BCUT2D eigenvalue weighted by Gasteiger charge is 2.35. The second-order valence-corrected chi connectivity index (χ2v) is 9.21. The number of sulfonamides is 1. The lowest BCUT2D eigenvalue weighted by Gasteiger charge is -2.22. The zero-order valence-electron chi connectivity index (χ0n) is 14.9. The van der Waals surface area contributed by atoms with Gasteiger partial charge >= 0.3 is 0 Å². The quantitative estimate of drug-likeness (QED) is 0.874. The summed E-state index contributed by atoms with van der Waals surface area (Å²) >= 11 is 0. The number of hydrogen-bond donors (Lipinski definition) is 1. The van der Waals surface area contributed by atoms with Gasteiger partial charge in [-0.1, -0.05) is 38.3 Å². The van der Waals surface area contributed by atoms with Gasteiger partial charge in [0.05, 0.1) is 5.25 Å². The Morgan fingerprint density at radius 1 is 1.12 bits per heavy atom. The van der Waals surface area contributed by atoms with Gasteiger partial charge in [0.1, 0.15) is 0 Å². The second-order valence-electron chi connectivity index (χ2n) is 7.16. The molecule has 25 heavy (non-hydrogen) atoms. The topological polar surface area (TPSA) is 66.5 Å². The van der Waals surface area contributed by atoms with Gasteiger partial charge in [-0.25, -0.2) is 13.1 Å². The highest BCUT2D eigenvalue weighted by molar-refractivity contribution is 7.90. The van der Waals surface area contributed by atoms with Crippen molar-refractivity contribution in [3.05, 3.63) is 35.4 Å². The van der Waals surface area contributed by atoms with Crippen molar-refractivity contribution >= 4 is 15.9 Å². The molecule has 1 atom stereocenters. The fourth-order valence-electron chi connectivity index (χ4n) is 4.00. The third kappa shape index (κ3) is 4.23. The molecule has 1 saturated heterocycles. The molecular weight excluding hydrogens is 336 g/mol. The molecule has 2 fully saturated rings. The Bertz CT molecular complexity index is 694. The van der Waals surface area contributed by atoms with Crippen molar-refractivity contribution in [3.8, 4) is 0 Å². The largest absolute Gasteiger partial charge is 0.337 e. The van der Waals surface area contributed by atoms with Crippen molar-refractivity contribution < 1.29 is 13.2 Å². The van der Waals surface area contributed by atoms with Crippen LogP contribution in [0.3, 0.4) is 0 Å². The SMILES string of the molecule is CCNS(=O)(=O)C1CCN(C(=O)c2ccc(C3CCCCC3)cc2)C1. The van der Waals surface area contributed by atoms with Gasteiger partial charge < -0.3 is 4.90 Å². The molecule has 1 aromatic carbocycles. The third-order valence-electron chi connectivity index (χ3n) is 5.45. The van der Waals surface area contributed by atoms with E-state index >= 15 is 0 Å². The molecule has 2 aliphatic rings. The van der Waals surface area contributed by atoms with E-state index in [1.54, 1.807) is 11.8 Å². The summed E-state index contributed by atoms with van der Waals surface area (Å²) < 4.78 is 26.8. The number of likely N-dealkylation sites (tertiary alicyclic amines) is 1. The first-order valence-electron chi connectivity index (χ1n) is 9.39. The van der Waals surface area contributed by atoms with E-state index in [1.807, 2.05) is 12.1 Å². The van der Waals surface area contributed by atoms with E-state index < -0.39 is 15.3 Å². The molecule has 138 valence electrons. The van der Waals surface area contributed by atoms with Crippen molar-refractivity contribution in [2.24, 2.45) is 0 Å². The van der Waals surface area contributed by atoms with Crippen LogP contribution in [-0.2, 0) is 10.0 Å². The monoisotopic (exact) mass is 364 g/mol. The zero-order chi connectivity index (χ0) is 17.9. The van der Waals surface area contributed by atoms with Crippen molar-refractivity contribution in [1.29, 1.82) is 0 Å². The van der Waals surface area contributed by atoms with Gasteiger partial charge in [-0.2, -0.15) is 0 Å². The number of nitrogens with one attached hydrogen (secondary N) is 1. The molecule has 1 aromatic rings. The summed E-state index contributed by atoms with van der Waals surface area (Å²) in [5.41, 5.74) is 1.98. The normalized spacial score (nSPS) is 22.3. The number of rotatable bonds is 5. The lowest BCUT2D eigenvalue weighted by Crippen LogP contribution is -2.37. The molecule has 6 heteroatoms. The van der Waals surface area contributed by atoms with Gasteiger partial charge in [-0.3, -0.25) is 4.79 Å². The molecule has 1 heterocycles. The molecule has 1 aliphatic heterocycles. The van der Waals surface area contributed by atoms with Gasteiger partial charge in [0.15, 0.2) is 0 Å². The minimum Gasteiger partial charge on any atom is -0.337 e. The molecule has 1 amide bonds. The maximum atomic E-state index is 12.7. The van der Waals surface area contributed by atoms with Gasteiger partial charge in [0, 0.05) is 25.2 Å². The van der Waals surface area contributed by atoms with Crippen molar-refractivity contribution in [1.82, 2.24) is 9.62 Å². The Labute approximate surface area is 150 Å². The summed E-state index contributed by atoms with van der Waals surface area (Å²) in [4.78, 5) is 14.3. The van der Waals surface area contributed by atoms with Gasteiger partial charge in [0.2, 0.25) is 10.0 Å². The second kappa shape index (κ2) is 7.87. The Morgan fingerprint density at radius 2 is 1.80 bits per heavy atom. The van der Waals surface area contributed by atoms with E-state index in [4.69, 9.17) is 0 Å². The van der Waals surface area contributed by atoms with Crippen molar-refractivity contribution in [3.63, 3.8) is 0 Å². The molecular formula is C19H28N2O3S. The molecule has 1 N–H and O–H groups in total. The summed E-state index contributed by atoms with van der Waals surface area (Å²) in [5, 5.41) is -0.502. The number of benzene rings is 1. The summed E-state index contributed by atoms with van der Waals surface area (Å²) in [7, 11) is -3.32. The van der Waals surface area contributed by atoms with E-state index in [2.05, 4.69) is 16.9 Å². The Kier molecular flexibility index (Phi) is 5.79. The smallest absolute Gasteiger partial charge is 0.253 e. The first kappa shape index (κ1) is 18.4.